The Morgan fingerprint density at radius 3 is 1.03 bits per heavy atom. The molecule has 0 amide bonds. The van der Waals surface area contributed by atoms with E-state index in [1.807, 2.05) is 0 Å². The molecule has 0 aliphatic rings. The summed E-state index contributed by atoms with van der Waals surface area (Å²) in [6.07, 6.45) is 0. The molecule has 0 radical (unpaired) electrons. The van der Waals surface area contributed by atoms with Crippen LogP contribution in [-0.2, 0) is 10.8 Å². The van der Waals surface area contributed by atoms with Gasteiger partial charge in [0.1, 0.15) is 0 Å². The molecule has 0 bridgehead atoms. The maximum atomic E-state index is 2.38. The van der Waals surface area contributed by atoms with Crippen molar-refractivity contribution in [3.8, 4) is 0 Å². The molecule has 0 aromatic heterocycles. The first kappa shape index (κ1) is 26.1. The van der Waals surface area contributed by atoms with E-state index >= 15 is 0 Å². The minimum absolute atomic E-state index is 0.0551. The summed E-state index contributed by atoms with van der Waals surface area (Å²) < 4.78 is 0. The van der Waals surface area contributed by atoms with Crippen molar-refractivity contribution in [3.63, 3.8) is 0 Å². The molecule has 0 unspecified atom stereocenters. The molecule has 0 N–H and O–H groups in total. The predicted molar refractivity (Wildman–Crippen MR) is 162 cm³/mol. The van der Waals surface area contributed by atoms with Gasteiger partial charge in [0.15, 0.2) is 13.4 Å². The SMILES string of the molecule is CB(C)c1ccc(C(C)(c2ccc(B(C)C)cc2)c2ccc(C(C)(C)c3ccc(C)cc3)cc2)cc1. The van der Waals surface area contributed by atoms with Crippen molar-refractivity contribution < 1.29 is 0 Å². The average molecular weight is 470 g/mol. The van der Waals surface area contributed by atoms with Gasteiger partial charge in [0.2, 0.25) is 0 Å². The fourth-order valence-corrected chi connectivity index (χ4v) is 5.26. The van der Waals surface area contributed by atoms with E-state index in [1.54, 1.807) is 0 Å². The van der Waals surface area contributed by atoms with Crippen molar-refractivity contribution in [3.05, 3.63) is 130 Å². The summed E-state index contributed by atoms with van der Waals surface area (Å²) >= 11 is 0. The summed E-state index contributed by atoms with van der Waals surface area (Å²) in [6.45, 7) is 19.2. The van der Waals surface area contributed by atoms with Gasteiger partial charge >= 0.3 is 0 Å². The topological polar surface area (TPSA) is 0 Å². The van der Waals surface area contributed by atoms with Gasteiger partial charge in [-0.15, -0.1) is 0 Å². The van der Waals surface area contributed by atoms with Crippen molar-refractivity contribution in [2.75, 3.05) is 0 Å². The van der Waals surface area contributed by atoms with Gasteiger partial charge in [-0.05, 0) is 41.7 Å². The maximum absolute atomic E-state index is 2.38. The summed E-state index contributed by atoms with van der Waals surface area (Å²) in [7, 11) is 0. The van der Waals surface area contributed by atoms with Crippen molar-refractivity contribution in [1.29, 1.82) is 0 Å². The molecule has 182 valence electrons. The van der Waals surface area contributed by atoms with E-state index in [4.69, 9.17) is 0 Å². The van der Waals surface area contributed by atoms with E-state index in [-0.39, 0.29) is 10.8 Å². The molecule has 2 heteroatoms. The van der Waals surface area contributed by atoms with Gasteiger partial charge in [-0.3, -0.25) is 0 Å². The van der Waals surface area contributed by atoms with Crippen LogP contribution in [0.2, 0.25) is 27.3 Å². The van der Waals surface area contributed by atoms with Crippen LogP contribution in [0.25, 0.3) is 0 Å². The predicted octanol–water partition coefficient (Wildman–Crippen LogP) is 7.60. The molecule has 0 atom stereocenters. The molecule has 0 aliphatic carbocycles. The summed E-state index contributed by atoms with van der Waals surface area (Å²) in [5, 5.41) is 0. The first-order chi connectivity index (χ1) is 17.0. The first-order valence-electron chi connectivity index (χ1n) is 13.4. The monoisotopic (exact) mass is 470 g/mol. The number of benzene rings is 4. The van der Waals surface area contributed by atoms with Gasteiger partial charge < -0.3 is 0 Å². The fraction of sp³-hybridized carbons (Fsp3) is 0.294. The molecule has 0 saturated carbocycles. The third-order valence-corrected chi connectivity index (χ3v) is 8.27. The number of rotatable bonds is 7. The molecular formula is C34H40B2. The summed E-state index contributed by atoms with van der Waals surface area (Å²) in [5.41, 5.74) is 10.4. The second kappa shape index (κ2) is 10.2. The van der Waals surface area contributed by atoms with Gasteiger partial charge in [0.25, 0.3) is 0 Å². The van der Waals surface area contributed by atoms with E-state index in [1.165, 1.54) is 44.3 Å². The Bertz CT molecular complexity index is 1230. The first-order valence-corrected chi connectivity index (χ1v) is 13.4. The lowest BCUT2D eigenvalue weighted by atomic mass is 9.49. The average Bonchev–Trinajstić information content (AvgIpc) is 2.88. The standard InChI is InChI=1S/C34H40B2/c1-25-9-11-26(12-10-25)33(2,3)27-13-15-28(16-14-27)34(4,29-17-21-31(22-18-29)35(5)6)30-19-23-32(24-20-30)36(7)8/h9-24H,1-8H3. The highest BCUT2D eigenvalue weighted by Gasteiger charge is 2.32. The van der Waals surface area contributed by atoms with Crippen LogP contribution in [0.3, 0.4) is 0 Å². The highest BCUT2D eigenvalue weighted by Crippen LogP contribution is 2.40. The molecule has 4 aromatic carbocycles. The fourth-order valence-electron chi connectivity index (χ4n) is 5.26. The van der Waals surface area contributed by atoms with Crippen LogP contribution in [0, 0.1) is 6.92 Å². The third-order valence-electron chi connectivity index (χ3n) is 8.27. The van der Waals surface area contributed by atoms with Crippen LogP contribution in [0.5, 0.6) is 0 Å². The second-order valence-electron chi connectivity index (χ2n) is 11.7. The second-order valence-corrected chi connectivity index (χ2v) is 11.7. The summed E-state index contributed by atoms with van der Waals surface area (Å²) in [5.74, 6) is 0. The molecule has 0 aliphatic heterocycles. The normalized spacial score (nSPS) is 11.9. The lowest BCUT2D eigenvalue weighted by molar-refractivity contribution is 0.637. The molecule has 4 aromatic rings. The molecule has 0 saturated heterocycles. The summed E-state index contributed by atoms with van der Waals surface area (Å²) in [6, 6.07) is 36.8. The number of hydrogen-bond donors (Lipinski definition) is 0. The smallest absolute Gasteiger partial charge is 0.0819 e. The van der Waals surface area contributed by atoms with E-state index in [9.17, 15) is 0 Å². The molecule has 0 heterocycles. The Morgan fingerprint density at radius 1 is 0.417 bits per heavy atom. The minimum Gasteiger partial charge on any atom is -0.0819 e. The van der Waals surface area contributed by atoms with Gasteiger partial charge in [0, 0.05) is 10.8 Å². The third kappa shape index (κ3) is 4.96. The Kier molecular flexibility index (Phi) is 7.37. The highest BCUT2D eigenvalue weighted by atomic mass is 14.3. The zero-order valence-electron chi connectivity index (χ0n) is 23.4. The molecule has 0 nitrogen and oxygen atoms in total. The Balaban J connectivity index is 1.79. The van der Waals surface area contributed by atoms with Crippen molar-refractivity contribution in [2.24, 2.45) is 0 Å². The lowest BCUT2D eigenvalue weighted by Crippen LogP contribution is -2.29. The van der Waals surface area contributed by atoms with Gasteiger partial charge in [-0.1, -0.05) is 155 Å². The van der Waals surface area contributed by atoms with Crippen molar-refractivity contribution >= 4 is 24.4 Å². The van der Waals surface area contributed by atoms with Crippen LogP contribution >= 0.6 is 0 Å². The van der Waals surface area contributed by atoms with E-state index in [0.717, 1.165) is 0 Å². The van der Waals surface area contributed by atoms with E-state index in [2.05, 4.69) is 152 Å². The zero-order chi connectivity index (χ0) is 26.1. The molecule has 0 fully saturated rings. The summed E-state index contributed by atoms with van der Waals surface area (Å²) in [4.78, 5) is 0. The quantitative estimate of drug-likeness (QED) is 0.193. The highest BCUT2D eigenvalue weighted by molar-refractivity contribution is 6.71. The Hall–Kier alpha value is -2.99. The Labute approximate surface area is 220 Å². The van der Waals surface area contributed by atoms with Crippen LogP contribution in [0.4, 0.5) is 0 Å². The molecule has 36 heavy (non-hydrogen) atoms. The largest absolute Gasteiger partial charge is 0.169 e. The van der Waals surface area contributed by atoms with Crippen LogP contribution in [-0.4, -0.2) is 13.4 Å². The van der Waals surface area contributed by atoms with Crippen LogP contribution in [0.15, 0.2) is 97.1 Å². The van der Waals surface area contributed by atoms with Gasteiger partial charge in [-0.25, -0.2) is 0 Å². The molecular weight excluding hydrogens is 430 g/mol. The van der Waals surface area contributed by atoms with E-state index in [0.29, 0.717) is 13.4 Å². The lowest BCUT2D eigenvalue weighted by Gasteiger charge is -2.33. The maximum Gasteiger partial charge on any atom is 0.169 e. The van der Waals surface area contributed by atoms with E-state index < -0.39 is 0 Å². The van der Waals surface area contributed by atoms with Crippen LogP contribution < -0.4 is 10.9 Å². The van der Waals surface area contributed by atoms with Crippen molar-refractivity contribution in [2.45, 2.75) is 65.8 Å². The van der Waals surface area contributed by atoms with Crippen LogP contribution in [0.1, 0.15) is 54.2 Å². The van der Waals surface area contributed by atoms with Gasteiger partial charge in [-0.2, -0.15) is 0 Å². The number of aryl methyl sites for hydroxylation is 1. The molecule has 4 rings (SSSR count). The van der Waals surface area contributed by atoms with Crippen molar-refractivity contribution in [1.82, 2.24) is 0 Å². The zero-order valence-corrected chi connectivity index (χ0v) is 23.4. The molecule has 0 spiro atoms. The minimum atomic E-state index is -0.239. The number of hydrogen-bond acceptors (Lipinski definition) is 0. The Morgan fingerprint density at radius 2 is 0.694 bits per heavy atom. The van der Waals surface area contributed by atoms with Gasteiger partial charge in [0.05, 0.1) is 0 Å².